The van der Waals surface area contributed by atoms with Gasteiger partial charge in [0.15, 0.2) is 0 Å². The van der Waals surface area contributed by atoms with Gasteiger partial charge in [0.05, 0.1) is 5.69 Å². The van der Waals surface area contributed by atoms with E-state index in [0.717, 1.165) is 34.2 Å². The van der Waals surface area contributed by atoms with Gasteiger partial charge in [-0.15, -0.1) is 11.3 Å². The van der Waals surface area contributed by atoms with Crippen molar-refractivity contribution in [3.05, 3.63) is 40.9 Å². The summed E-state index contributed by atoms with van der Waals surface area (Å²) in [5.41, 5.74) is 1.93. The minimum absolute atomic E-state index is 0.149. The maximum Gasteiger partial charge on any atom is 0.265 e. The Bertz CT molecular complexity index is 655. The van der Waals surface area contributed by atoms with Crippen LogP contribution in [0.2, 0.25) is 0 Å². The Morgan fingerprint density at radius 3 is 2.45 bits per heavy atom. The molecule has 1 fully saturated rings. The van der Waals surface area contributed by atoms with Crippen molar-refractivity contribution >= 4 is 17.2 Å². The van der Waals surface area contributed by atoms with E-state index in [0.29, 0.717) is 11.8 Å². The third-order valence-corrected chi connectivity index (χ3v) is 5.36. The molecule has 1 amide bonds. The second-order valence-corrected chi connectivity index (χ2v) is 7.45. The molecule has 1 aromatic carbocycles. The third-order valence-electron chi connectivity index (χ3n) is 4.17. The number of rotatable bonds is 2. The Hall–Kier alpha value is -1.68. The summed E-state index contributed by atoms with van der Waals surface area (Å²) in [7, 11) is 0. The Labute approximate surface area is 136 Å². The summed E-state index contributed by atoms with van der Waals surface area (Å²) in [4.78, 5) is 20.3. The van der Waals surface area contributed by atoms with Crippen LogP contribution in [0.1, 0.15) is 35.6 Å². The van der Waals surface area contributed by atoms with Gasteiger partial charge in [0.1, 0.15) is 9.88 Å². The number of carbonyl (C=O) groups is 1. The first-order valence-corrected chi connectivity index (χ1v) is 8.68. The molecular formula is C18H22N2OS. The second-order valence-electron chi connectivity index (χ2n) is 6.46. The molecule has 2 aromatic rings. The topological polar surface area (TPSA) is 33.2 Å². The fourth-order valence-corrected chi connectivity index (χ4v) is 4.31. The van der Waals surface area contributed by atoms with E-state index in [1.54, 1.807) is 0 Å². The number of hydrogen-bond acceptors (Lipinski definition) is 3. The molecule has 0 spiro atoms. The second kappa shape index (κ2) is 6.21. The number of aromatic nitrogens is 1. The zero-order chi connectivity index (χ0) is 15.7. The molecular weight excluding hydrogens is 292 g/mol. The standard InChI is InChI=1S/C18H22N2OS/c1-12-9-13(2)11-20(10-12)18(21)16-14(3)19-17(22-16)15-7-5-4-6-8-15/h4-8,12-13H,9-11H2,1-3H3. The van der Waals surface area contributed by atoms with E-state index in [1.807, 2.05) is 42.2 Å². The molecule has 0 aliphatic carbocycles. The summed E-state index contributed by atoms with van der Waals surface area (Å²) >= 11 is 1.51. The lowest BCUT2D eigenvalue weighted by Gasteiger charge is -2.34. The Morgan fingerprint density at radius 1 is 1.18 bits per heavy atom. The average molecular weight is 314 g/mol. The van der Waals surface area contributed by atoms with Crippen LogP contribution in [0.5, 0.6) is 0 Å². The molecule has 1 aliphatic heterocycles. The van der Waals surface area contributed by atoms with E-state index < -0.39 is 0 Å². The summed E-state index contributed by atoms with van der Waals surface area (Å²) in [6.45, 7) is 8.12. The minimum atomic E-state index is 0.149. The summed E-state index contributed by atoms with van der Waals surface area (Å²) in [5.74, 6) is 1.31. The molecule has 3 rings (SSSR count). The van der Waals surface area contributed by atoms with Gasteiger partial charge < -0.3 is 4.90 Å². The van der Waals surface area contributed by atoms with Crippen LogP contribution < -0.4 is 0 Å². The van der Waals surface area contributed by atoms with Crippen molar-refractivity contribution < 1.29 is 4.79 Å². The maximum atomic E-state index is 12.9. The van der Waals surface area contributed by atoms with Crippen molar-refractivity contribution in [3.8, 4) is 10.6 Å². The molecule has 0 saturated carbocycles. The van der Waals surface area contributed by atoms with Gasteiger partial charge in [-0.2, -0.15) is 0 Å². The van der Waals surface area contributed by atoms with Gasteiger partial charge in [0.2, 0.25) is 0 Å². The molecule has 2 heterocycles. The molecule has 2 atom stereocenters. The van der Waals surface area contributed by atoms with Crippen LogP contribution in [0.25, 0.3) is 10.6 Å². The molecule has 4 heteroatoms. The summed E-state index contributed by atoms with van der Waals surface area (Å²) in [6.07, 6.45) is 1.21. The van der Waals surface area contributed by atoms with Crippen LogP contribution in [-0.4, -0.2) is 28.9 Å². The van der Waals surface area contributed by atoms with E-state index in [2.05, 4.69) is 18.8 Å². The number of thiazole rings is 1. The molecule has 0 bridgehead atoms. The fourth-order valence-electron chi connectivity index (χ4n) is 3.27. The summed E-state index contributed by atoms with van der Waals surface area (Å²) in [6, 6.07) is 10.1. The lowest BCUT2D eigenvalue weighted by atomic mass is 9.92. The molecule has 116 valence electrons. The van der Waals surface area contributed by atoms with Crippen LogP contribution in [0, 0.1) is 18.8 Å². The molecule has 1 aliphatic rings. The number of carbonyl (C=O) groups excluding carboxylic acids is 1. The van der Waals surface area contributed by atoms with Gasteiger partial charge >= 0.3 is 0 Å². The highest BCUT2D eigenvalue weighted by Crippen LogP contribution is 2.30. The normalized spacial score (nSPS) is 21.9. The van der Waals surface area contributed by atoms with Crippen LogP contribution in [-0.2, 0) is 0 Å². The predicted octanol–water partition coefficient (Wildman–Crippen LogP) is 4.24. The van der Waals surface area contributed by atoms with Crippen molar-refractivity contribution in [1.29, 1.82) is 0 Å². The Kier molecular flexibility index (Phi) is 4.30. The predicted molar refractivity (Wildman–Crippen MR) is 91.1 cm³/mol. The van der Waals surface area contributed by atoms with Crippen molar-refractivity contribution in [2.45, 2.75) is 27.2 Å². The zero-order valence-corrected chi connectivity index (χ0v) is 14.2. The van der Waals surface area contributed by atoms with Gasteiger partial charge in [-0.05, 0) is 25.2 Å². The molecule has 1 saturated heterocycles. The highest BCUT2D eigenvalue weighted by atomic mass is 32.1. The lowest BCUT2D eigenvalue weighted by molar-refractivity contribution is 0.0627. The quantitative estimate of drug-likeness (QED) is 0.831. The Balaban J connectivity index is 1.86. The maximum absolute atomic E-state index is 12.9. The van der Waals surface area contributed by atoms with Crippen molar-refractivity contribution in [1.82, 2.24) is 9.88 Å². The van der Waals surface area contributed by atoms with E-state index in [9.17, 15) is 4.79 Å². The number of hydrogen-bond donors (Lipinski definition) is 0. The van der Waals surface area contributed by atoms with Crippen LogP contribution in [0.3, 0.4) is 0 Å². The minimum Gasteiger partial charge on any atom is -0.337 e. The van der Waals surface area contributed by atoms with E-state index in [-0.39, 0.29) is 5.91 Å². The van der Waals surface area contributed by atoms with Gasteiger partial charge in [0.25, 0.3) is 5.91 Å². The molecule has 0 N–H and O–H groups in total. The average Bonchev–Trinajstić information content (AvgIpc) is 2.88. The first-order chi connectivity index (χ1) is 10.5. The molecule has 1 aromatic heterocycles. The Morgan fingerprint density at radius 2 is 1.82 bits per heavy atom. The first kappa shape index (κ1) is 15.2. The van der Waals surface area contributed by atoms with Crippen molar-refractivity contribution in [2.24, 2.45) is 11.8 Å². The van der Waals surface area contributed by atoms with Crippen LogP contribution >= 0.6 is 11.3 Å². The molecule has 3 nitrogen and oxygen atoms in total. The third kappa shape index (κ3) is 3.07. The highest BCUT2D eigenvalue weighted by Gasteiger charge is 2.28. The summed E-state index contributed by atoms with van der Waals surface area (Å²) < 4.78 is 0. The van der Waals surface area contributed by atoms with Crippen molar-refractivity contribution in [3.63, 3.8) is 0 Å². The van der Waals surface area contributed by atoms with Crippen LogP contribution in [0.15, 0.2) is 30.3 Å². The number of nitrogens with zero attached hydrogens (tertiary/aromatic N) is 2. The zero-order valence-electron chi connectivity index (χ0n) is 13.4. The van der Waals surface area contributed by atoms with Gasteiger partial charge in [-0.3, -0.25) is 4.79 Å². The van der Waals surface area contributed by atoms with Gasteiger partial charge in [-0.1, -0.05) is 44.2 Å². The van der Waals surface area contributed by atoms with Crippen molar-refractivity contribution in [2.75, 3.05) is 13.1 Å². The van der Waals surface area contributed by atoms with Crippen LogP contribution in [0.4, 0.5) is 0 Å². The molecule has 22 heavy (non-hydrogen) atoms. The van der Waals surface area contributed by atoms with E-state index in [1.165, 1.54) is 17.8 Å². The number of likely N-dealkylation sites (tertiary alicyclic amines) is 1. The smallest absolute Gasteiger partial charge is 0.265 e. The SMILES string of the molecule is Cc1nc(-c2ccccc2)sc1C(=O)N1CC(C)CC(C)C1. The number of piperidine rings is 1. The van der Waals surface area contributed by atoms with E-state index >= 15 is 0 Å². The summed E-state index contributed by atoms with van der Waals surface area (Å²) in [5, 5.41) is 0.930. The lowest BCUT2D eigenvalue weighted by Crippen LogP contribution is -2.42. The molecule has 0 radical (unpaired) electrons. The van der Waals surface area contributed by atoms with Gasteiger partial charge in [0, 0.05) is 18.7 Å². The number of amides is 1. The monoisotopic (exact) mass is 314 g/mol. The largest absolute Gasteiger partial charge is 0.337 e. The highest BCUT2D eigenvalue weighted by molar-refractivity contribution is 7.17. The van der Waals surface area contributed by atoms with E-state index in [4.69, 9.17) is 0 Å². The number of benzene rings is 1. The first-order valence-electron chi connectivity index (χ1n) is 7.86. The fraction of sp³-hybridized carbons (Fsp3) is 0.444. The van der Waals surface area contributed by atoms with Gasteiger partial charge in [-0.25, -0.2) is 4.98 Å². The number of aryl methyl sites for hydroxylation is 1. The molecule has 2 unspecified atom stereocenters.